The standard InChI is InChI=1S/C13H16BrN3O3.ClH/c14-9-1-2-10(11(15)7-9)13(19)16-8-12(18)17-3-5-20-6-4-17;/h1-2,7H,3-6,8,15H2,(H,16,19);1H. The number of carbonyl (C=O) groups is 2. The van der Waals surface area contributed by atoms with Crippen LogP contribution in [0.25, 0.3) is 0 Å². The van der Waals surface area contributed by atoms with E-state index in [9.17, 15) is 9.59 Å². The summed E-state index contributed by atoms with van der Waals surface area (Å²) < 4.78 is 5.97. The van der Waals surface area contributed by atoms with Crippen LogP contribution in [0.15, 0.2) is 22.7 Å². The monoisotopic (exact) mass is 377 g/mol. The Kier molecular flexibility index (Phi) is 6.94. The number of morpholine rings is 1. The Morgan fingerprint density at radius 2 is 2.00 bits per heavy atom. The largest absolute Gasteiger partial charge is 0.398 e. The molecule has 0 atom stereocenters. The molecule has 0 bridgehead atoms. The lowest BCUT2D eigenvalue weighted by Crippen LogP contribution is -2.45. The average molecular weight is 379 g/mol. The van der Waals surface area contributed by atoms with Gasteiger partial charge in [-0.1, -0.05) is 15.9 Å². The fourth-order valence-electron chi connectivity index (χ4n) is 1.92. The van der Waals surface area contributed by atoms with Crippen molar-refractivity contribution in [2.24, 2.45) is 0 Å². The Morgan fingerprint density at radius 3 is 2.62 bits per heavy atom. The zero-order valence-electron chi connectivity index (χ0n) is 11.3. The lowest BCUT2D eigenvalue weighted by molar-refractivity contribution is -0.134. The maximum Gasteiger partial charge on any atom is 0.253 e. The third kappa shape index (κ3) is 4.87. The zero-order valence-corrected chi connectivity index (χ0v) is 13.7. The van der Waals surface area contributed by atoms with Gasteiger partial charge in [0.2, 0.25) is 5.91 Å². The number of carbonyl (C=O) groups excluding carboxylic acids is 2. The van der Waals surface area contributed by atoms with Crippen molar-refractivity contribution in [3.8, 4) is 0 Å². The van der Waals surface area contributed by atoms with E-state index in [-0.39, 0.29) is 30.8 Å². The third-order valence-electron chi connectivity index (χ3n) is 3.02. The van der Waals surface area contributed by atoms with Crippen LogP contribution < -0.4 is 11.1 Å². The zero-order chi connectivity index (χ0) is 14.5. The number of nitrogens with zero attached hydrogens (tertiary/aromatic N) is 1. The first kappa shape index (κ1) is 17.7. The van der Waals surface area contributed by atoms with Crippen molar-refractivity contribution in [2.45, 2.75) is 0 Å². The van der Waals surface area contributed by atoms with Crippen LogP contribution in [-0.2, 0) is 9.53 Å². The molecule has 0 aromatic heterocycles. The SMILES string of the molecule is Cl.Nc1cc(Br)ccc1C(=O)NCC(=O)N1CCOCC1. The summed E-state index contributed by atoms with van der Waals surface area (Å²) in [5.74, 6) is -0.464. The van der Waals surface area contributed by atoms with E-state index in [2.05, 4.69) is 21.2 Å². The van der Waals surface area contributed by atoms with Gasteiger partial charge in [0.1, 0.15) is 0 Å². The fourth-order valence-corrected chi connectivity index (χ4v) is 2.29. The molecule has 0 aliphatic carbocycles. The molecule has 116 valence electrons. The predicted octanol–water partition coefficient (Wildman–Crippen LogP) is 1.04. The van der Waals surface area contributed by atoms with Crippen molar-refractivity contribution in [2.75, 3.05) is 38.6 Å². The minimum atomic E-state index is -0.350. The van der Waals surface area contributed by atoms with E-state index in [1.807, 2.05) is 0 Å². The van der Waals surface area contributed by atoms with E-state index in [1.165, 1.54) is 0 Å². The number of ether oxygens (including phenoxy) is 1. The molecule has 2 amide bonds. The molecule has 1 aliphatic rings. The minimum absolute atomic E-state index is 0. The minimum Gasteiger partial charge on any atom is -0.398 e. The van der Waals surface area contributed by atoms with E-state index in [1.54, 1.807) is 23.1 Å². The third-order valence-corrected chi connectivity index (χ3v) is 3.52. The van der Waals surface area contributed by atoms with Crippen LogP contribution in [-0.4, -0.2) is 49.6 Å². The molecular formula is C13H17BrClN3O3. The molecule has 1 aliphatic heterocycles. The first-order chi connectivity index (χ1) is 9.58. The lowest BCUT2D eigenvalue weighted by atomic mass is 10.1. The smallest absolute Gasteiger partial charge is 0.253 e. The molecule has 3 N–H and O–H groups in total. The van der Waals surface area contributed by atoms with Gasteiger partial charge in [-0.25, -0.2) is 0 Å². The Bertz CT molecular complexity index is 521. The highest BCUT2D eigenvalue weighted by Crippen LogP contribution is 2.18. The van der Waals surface area contributed by atoms with E-state index in [0.29, 0.717) is 37.6 Å². The van der Waals surface area contributed by atoms with Gasteiger partial charge in [0.15, 0.2) is 0 Å². The molecule has 0 radical (unpaired) electrons. The van der Waals surface area contributed by atoms with Crippen molar-refractivity contribution in [1.29, 1.82) is 0 Å². The summed E-state index contributed by atoms with van der Waals surface area (Å²) in [4.78, 5) is 25.5. The van der Waals surface area contributed by atoms with Gasteiger partial charge in [-0.2, -0.15) is 0 Å². The molecule has 6 nitrogen and oxygen atoms in total. The topological polar surface area (TPSA) is 84.7 Å². The van der Waals surface area contributed by atoms with Crippen molar-refractivity contribution < 1.29 is 14.3 Å². The van der Waals surface area contributed by atoms with Crippen LogP contribution in [0.5, 0.6) is 0 Å². The Morgan fingerprint density at radius 1 is 1.33 bits per heavy atom. The Labute approximate surface area is 137 Å². The van der Waals surface area contributed by atoms with Crippen molar-refractivity contribution in [3.63, 3.8) is 0 Å². The van der Waals surface area contributed by atoms with E-state index in [0.717, 1.165) is 4.47 Å². The number of rotatable bonds is 3. The van der Waals surface area contributed by atoms with Crippen LogP contribution in [0.2, 0.25) is 0 Å². The molecule has 0 saturated carbocycles. The predicted molar refractivity (Wildman–Crippen MR) is 85.5 cm³/mol. The second-order valence-corrected chi connectivity index (χ2v) is 5.32. The number of anilines is 1. The highest BCUT2D eigenvalue weighted by molar-refractivity contribution is 9.10. The van der Waals surface area contributed by atoms with Crippen LogP contribution in [0.1, 0.15) is 10.4 Å². The van der Waals surface area contributed by atoms with Crippen molar-refractivity contribution in [3.05, 3.63) is 28.2 Å². The molecule has 1 saturated heterocycles. The van der Waals surface area contributed by atoms with Gasteiger partial charge in [-0.3, -0.25) is 9.59 Å². The number of nitrogen functional groups attached to an aromatic ring is 1. The van der Waals surface area contributed by atoms with Gasteiger partial charge in [-0.05, 0) is 18.2 Å². The van der Waals surface area contributed by atoms with Crippen molar-refractivity contribution in [1.82, 2.24) is 10.2 Å². The summed E-state index contributed by atoms with van der Waals surface area (Å²) >= 11 is 3.28. The molecule has 1 fully saturated rings. The fraction of sp³-hybridized carbons (Fsp3) is 0.385. The van der Waals surface area contributed by atoms with Gasteiger partial charge < -0.3 is 20.7 Å². The van der Waals surface area contributed by atoms with E-state index in [4.69, 9.17) is 10.5 Å². The lowest BCUT2D eigenvalue weighted by Gasteiger charge is -2.26. The quantitative estimate of drug-likeness (QED) is 0.770. The summed E-state index contributed by atoms with van der Waals surface area (Å²) in [6.07, 6.45) is 0. The van der Waals surface area contributed by atoms with Crippen LogP contribution in [0, 0.1) is 0 Å². The normalized spacial score (nSPS) is 14.2. The molecule has 21 heavy (non-hydrogen) atoms. The highest BCUT2D eigenvalue weighted by atomic mass is 79.9. The number of hydrogen-bond acceptors (Lipinski definition) is 4. The van der Waals surface area contributed by atoms with Crippen LogP contribution in [0.3, 0.4) is 0 Å². The highest BCUT2D eigenvalue weighted by Gasteiger charge is 2.18. The maximum atomic E-state index is 12.0. The summed E-state index contributed by atoms with van der Waals surface area (Å²) in [6.45, 7) is 2.18. The summed E-state index contributed by atoms with van der Waals surface area (Å²) in [5, 5.41) is 2.59. The van der Waals surface area contributed by atoms with Gasteiger partial charge in [0, 0.05) is 23.2 Å². The van der Waals surface area contributed by atoms with Crippen molar-refractivity contribution >= 4 is 45.8 Å². The first-order valence-corrected chi connectivity index (χ1v) is 7.06. The van der Waals surface area contributed by atoms with Gasteiger partial charge in [-0.15, -0.1) is 12.4 Å². The number of hydrogen-bond donors (Lipinski definition) is 2. The van der Waals surface area contributed by atoms with E-state index < -0.39 is 0 Å². The van der Waals surface area contributed by atoms with Crippen LogP contribution in [0.4, 0.5) is 5.69 Å². The molecule has 0 spiro atoms. The number of nitrogens with two attached hydrogens (primary N) is 1. The average Bonchev–Trinajstić information content (AvgIpc) is 2.45. The summed E-state index contributed by atoms with van der Waals surface area (Å²) in [5.41, 5.74) is 6.50. The molecule has 1 aromatic carbocycles. The van der Waals surface area contributed by atoms with Gasteiger partial charge in [0.05, 0.1) is 25.3 Å². The first-order valence-electron chi connectivity index (χ1n) is 6.26. The summed E-state index contributed by atoms with van der Waals surface area (Å²) in [7, 11) is 0. The number of amides is 2. The number of halogens is 2. The van der Waals surface area contributed by atoms with Gasteiger partial charge >= 0.3 is 0 Å². The molecule has 0 unspecified atom stereocenters. The second kappa shape index (κ2) is 8.21. The Balaban J connectivity index is 0.00000220. The Hall–Kier alpha value is -1.31. The maximum absolute atomic E-state index is 12.0. The number of benzene rings is 1. The summed E-state index contributed by atoms with van der Waals surface area (Å²) in [6, 6.07) is 5.00. The molecule has 1 heterocycles. The van der Waals surface area contributed by atoms with Crippen LogP contribution >= 0.6 is 28.3 Å². The number of nitrogens with one attached hydrogen (secondary N) is 1. The van der Waals surface area contributed by atoms with Gasteiger partial charge in [0.25, 0.3) is 5.91 Å². The molecular weight excluding hydrogens is 362 g/mol. The molecule has 8 heteroatoms. The second-order valence-electron chi connectivity index (χ2n) is 4.41. The van der Waals surface area contributed by atoms with E-state index >= 15 is 0 Å². The molecule has 2 rings (SSSR count). The molecule has 1 aromatic rings.